The van der Waals surface area contributed by atoms with Crippen LogP contribution in [-0.4, -0.2) is 33.8 Å². The lowest BCUT2D eigenvalue weighted by atomic mass is 10.2. The number of benzene rings is 2. The number of carboxylic acid groups (broad SMARTS) is 1. The highest BCUT2D eigenvalue weighted by Gasteiger charge is 2.12. The predicted molar refractivity (Wildman–Crippen MR) is 97.9 cm³/mol. The Morgan fingerprint density at radius 3 is 2.62 bits per heavy atom. The molecule has 1 N–H and O–H groups in total. The molecule has 3 aromatic rings. The summed E-state index contributed by atoms with van der Waals surface area (Å²) in [6, 6.07) is 12.2. The molecule has 1 unspecified atom stereocenters. The van der Waals surface area contributed by atoms with Crippen LogP contribution in [0, 0.1) is 0 Å². The van der Waals surface area contributed by atoms with E-state index in [4.69, 9.17) is 26.2 Å². The Morgan fingerprint density at radius 2 is 1.88 bits per heavy atom. The van der Waals surface area contributed by atoms with Crippen LogP contribution in [0.3, 0.4) is 0 Å². The summed E-state index contributed by atoms with van der Waals surface area (Å²) in [6.07, 6.45) is 1.43. The number of aliphatic carboxylic acids is 1. The van der Waals surface area contributed by atoms with Gasteiger partial charge >= 0.3 is 5.97 Å². The number of rotatable bonds is 7. The van der Waals surface area contributed by atoms with E-state index < -0.39 is 12.1 Å². The molecule has 1 heterocycles. The molecule has 0 aliphatic heterocycles. The van der Waals surface area contributed by atoms with Gasteiger partial charge in [0.05, 0.1) is 23.3 Å². The van der Waals surface area contributed by atoms with Crippen molar-refractivity contribution < 1.29 is 19.4 Å². The fourth-order valence-corrected chi connectivity index (χ4v) is 2.45. The summed E-state index contributed by atoms with van der Waals surface area (Å²) in [4.78, 5) is 19.7. The minimum absolute atomic E-state index is 0.444. The molecule has 134 valence electrons. The standard InChI is InChI=1S/C19H17ClN2O4/c1-12(19(23)24)26-16-5-3-15(4-6-16)25-9-8-14-11-21-18-10-13(20)2-7-17(18)22-14/h2-7,10-12H,8-9H2,1H3,(H,23,24). The Labute approximate surface area is 155 Å². The maximum Gasteiger partial charge on any atom is 0.344 e. The Kier molecular flexibility index (Phi) is 5.53. The van der Waals surface area contributed by atoms with Gasteiger partial charge in [-0.3, -0.25) is 4.98 Å². The van der Waals surface area contributed by atoms with Gasteiger partial charge in [0.2, 0.25) is 0 Å². The monoisotopic (exact) mass is 372 g/mol. The zero-order chi connectivity index (χ0) is 18.5. The average molecular weight is 373 g/mol. The summed E-state index contributed by atoms with van der Waals surface area (Å²) < 4.78 is 11.0. The van der Waals surface area contributed by atoms with Crippen molar-refractivity contribution in [2.24, 2.45) is 0 Å². The average Bonchev–Trinajstić information content (AvgIpc) is 2.63. The summed E-state index contributed by atoms with van der Waals surface area (Å²) in [6.45, 7) is 1.92. The van der Waals surface area contributed by atoms with Crippen molar-refractivity contribution in [1.29, 1.82) is 0 Å². The van der Waals surface area contributed by atoms with Crippen LogP contribution in [0.25, 0.3) is 11.0 Å². The van der Waals surface area contributed by atoms with Gasteiger partial charge in [0, 0.05) is 17.6 Å². The zero-order valence-corrected chi connectivity index (χ0v) is 14.8. The lowest BCUT2D eigenvalue weighted by molar-refractivity contribution is -0.144. The molecule has 0 radical (unpaired) electrons. The third kappa shape index (κ3) is 4.61. The van der Waals surface area contributed by atoms with Crippen molar-refractivity contribution in [3.05, 3.63) is 59.4 Å². The highest BCUT2D eigenvalue weighted by Crippen LogP contribution is 2.19. The van der Waals surface area contributed by atoms with E-state index in [-0.39, 0.29) is 0 Å². The topological polar surface area (TPSA) is 81.5 Å². The van der Waals surface area contributed by atoms with Crippen LogP contribution < -0.4 is 9.47 Å². The van der Waals surface area contributed by atoms with Gasteiger partial charge < -0.3 is 14.6 Å². The Morgan fingerprint density at radius 1 is 1.15 bits per heavy atom. The molecule has 1 aromatic heterocycles. The number of halogens is 1. The Hall–Kier alpha value is -2.86. The van der Waals surface area contributed by atoms with Crippen LogP contribution in [0.4, 0.5) is 0 Å². The van der Waals surface area contributed by atoms with Gasteiger partial charge in [0.1, 0.15) is 11.5 Å². The zero-order valence-electron chi connectivity index (χ0n) is 14.1. The SMILES string of the molecule is CC(Oc1ccc(OCCc2cnc3cc(Cl)ccc3n2)cc1)C(=O)O. The molecule has 2 aromatic carbocycles. The molecule has 3 rings (SSSR count). The first-order valence-electron chi connectivity index (χ1n) is 8.05. The first-order valence-corrected chi connectivity index (χ1v) is 8.42. The van der Waals surface area contributed by atoms with Gasteiger partial charge in [-0.25, -0.2) is 9.78 Å². The highest BCUT2D eigenvalue weighted by atomic mass is 35.5. The summed E-state index contributed by atoms with van der Waals surface area (Å²) in [5.74, 6) is 0.135. The molecule has 0 spiro atoms. The number of hydrogen-bond donors (Lipinski definition) is 1. The van der Waals surface area contributed by atoms with Crippen LogP contribution in [-0.2, 0) is 11.2 Å². The number of fused-ring (bicyclic) bond motifs is 1. The number of carbonyl (C=O) groups is 1. The highest BCUT2D eigenvalue weighted by molar-refractivity contribution is 6.31. The van der Waals surface area contributed by atoms with Gasteiger partial charge in [-0.1, -0.05) is 11.6 Å². The van der Waals surface area contributed by atoms with Crippen molar-refractivity contribution in [2.45, 2.75) is 19.4 Å². The second-order valence-corrected chi connectivity index (χ2v) is 6.10. The van der Waals surface area contributed by atoms with Gasteiger partial charge in [-0.15, -0.1) is 0 Å². The van der Waals surface area contributed by atoms with Gasteiger partial charge in [-0.05, 0) is 49.4 Å². The third-order valence-electron chi connectivity index (χ3n) is 3.67. The minimum Gasteiger partial charge on any atom is -0.493 e. The number of ether oxygens (including phenoxy) is 2. The molecular formula is C19H17ClN2O4. The van der Waals surface area contributed by atoms with Gasteiger partial charge in [-0.2, -0.15) is 0 Å². The fourth-order valence-electron chi connectivity index (χ4n) is 2.29. The number of nitrogens with zero attached hydrogens (tertiary/aromatic N) is 2. The van der Waals surface area contributed by atoms with E-state index in [0.29, 0.717) is 29.5 Å². The maximum absolute atomic E-state index is 10.8. The van der Waals surface area contributed by atoms with Crippen molar-refractivity contribution >= 4 is 28.6 Å². The smallest absolute Gasteiger partial charge is 0.344 e. The fraction of sp³-hybridized carbons (Fsp3) is 0.211. The summed E-state index contributed by atoms with van der Waals surface area (Å²) in [5, 5.41) is 9.47. The van der Waals surface area contributed by atoms with E-state index in [0.717, 1.165) is 16.7 Å². The molecular weight excluding hydrogens is 356 g/mol. The first kappa shape index (κ1) is 17.9. The molecule has 0 aliphatic rings. The minimum atomic E-state index is -1.01. The maximum atomic E-state index is 10.8. The molecule has 26 heavy (non-hydrogen) atoms. The largest absolute Gasteiger partial charge is 0.493 e. The molecule has 1 atom stereocenters. The third-order valence-corrected chi connectivity index (χ3v) is 3.90. The Bertz CT molecular complexity index is 915. The molecule has 0 bridgehead atoms. The summed E-state index contributed by atoms with van der Waals surface area (Å²) in [5.41, 5.74) is 2.38. The molecule has 0 fully saturated rings. The summed E-state index contributed by atoms with van der Waals surface area (Å²) in [7, 11) is 0. The predicted octanol–water partition coefficient (Wildman–Crippen LogP) is 3.76. The van der Waals surface area contributed by atoms with E-state index in [9.17, 15) is 4.79 Å². The molecule has 7 heteroatoms. The van der Waals surface area contributed by atoms with E-state index in [1.807, 2.05) is 6.07 Å². The van der Waals surface area contributed by atoms with E-state index >= 15 is 0 Å². The van der Waals surface area contributed by atoms with Crippen molar-refractivity contribution in [3.63, 3.8) is 0 Å². The molecule has 0 saturated carbocycles. The van der Waals surface area contributed by atoms with Gasteiger partial charge in [0.15, 0.2) is 6.10 Å². The lowest BCUT2D eigenvalue weighted by Gasteiger charge is -2.11. The van der Waals surface area contributed by atoms with Crippen LogP contribution in [0.15, 0.2) is 48.7 Å². The molecule has 6 nitrogen and oxygen atoms in total. The van der Waals surface area contributed by atoms with Crippen molar-refractivity contribution in [3.8, 4) is 11.5 Å². The second kappa shape index (κ2) is 8.01. The van der Waals surface area contributed by atoms with Gasteiger partial charge in [0.25, 0.3) is 0 Å². The quantitative estimate of drug-likeness (QED) is 0.680. The molecule has 0 aliphatic carbocycles. The number of carboxylic acids is 1. The summed E-state index contributed by atoms with van der Waals surface area (Å²) >= 11 is 5.94. The van der Waals surface area contributed by atoms with Crippen molar-refractivity contribution in [1.82, 2.24) is 9.97 Å². The normalized spacial score (nSPS) is 11.9. The lowest BCUT2D eigenvalue weighted by Crippen LogP contribution is -2.22. The van der Waals surface area contributed by atoms with Crippen molar-refractivity contribution in [2.75, 3.05) is 6.61 Å². The molecule has 0 saturated heterocycles. The number of hydrogen-bond acceptors (Lipinski definition) is 5. The first-order chi connectivity index (χ1) is 12.5. The second-order valence-electron chi connectivity index (χ2n) is 5.66. The van der Waals surface area contributed by atoms with E-state index in [1.165, 1.54) is 6.92 Å². The van der Waals surface area contributed by atoms with Crippen LogP contribution in [0.1, 0.15) is 12.6 Å². The number of aromatic nitrogens is 2. The Balaban J connectivity index is 1.54. The van der Waals surface area contributed by atoms with E-state index in [1.54, 1.807) is 42.6 Å². The van der Waals surface area contributed by atoms with Crippen LogP contribution in [0.5, 0.6) is 11.5 Å². The van der Waals surface area contributed by atoms with E-state index in [2.05, 4.69) is 9.97 Å². The van der Waals surface area contributed by atoms with Crippen LogP contribution >= 0.6 is 11.6 Å². The van der Waals surface area contributed by atoms with Crippen LogP contribution in [0.2, 0.25) is 5.02 Å². The molecule has 0 amide bonds.